The number of carbonyl (C=O) groups is 1. The fourth-order valence-corrected chi connectivity index (χ4v) is 0.729. The molecule has 0 saturated carbocycles. The molecular weight excluding hydrogens is 218 g/mol. The van der Waals surface area contributed by atoms with Crippen LogP contribution in [-0.2, 0) is 14.3 Å². The summed E-state index contributed by atoms with van der Waals surface area (Å²) in [7, 11) is 0. The summed E-state index contributed by atoms with van der Waals surface area (Å²) < 4.78 is 10.5. The second-order valence-corrected chi connectivity index (χ2v) is 4.15. The zero-order valence-corrected chi connectivity index (χ0v) is 11.8. The Labute approximate surface area is 106 Å². The van der Waals surface area contributed by atoms with E-state index in [1.54, 1.807) is 0 Å². The number of amides is 1. The summed E-state index contributed by atoms with van der Waals surface area (Å²) in [5, 5.41) is 2.51. The molecule has 0 spiro atoms. The van der Waals surface area contributed by atoms with Crippen molar-refractivity contribution in [2.24, 2.45) is 5.92 Å². The Kier molecular flexibility index (Phi) is 19.6. The first-order chi connectivity index (χ1) is 8.18. The van der Waals surface area contributed by atoms with Gasteiger partial charge in [0.2, 0.25) is 6.41 Å². The number of ether oxygens (including phenoxy) is 2. The summed E-state index contributed by atoms with van der Waals surface area (Å²) in [6.45, 7) is 11.7. The van der Waals surface area contributed by atoms with Gasteiger partial charge in [-0.05, 0) is 5.92 Å². The first-order valence-electron chi connectivity index (χ1n) is 6.51. The van der Waals surface area contributed by atoms with Gasteiger partial charge < -0.3 is 14.8 Å². The van der Waals surface area contributed by atoms with Crippen LogP contribution < -0.4 is 5.32 Å². The van der Waals surface area contributed by atoms with Crippen molar-refractivity contribution in [2.75, 3.05) is 33.0 Å². The van der Waals surface area contributed by atoms with E-state index in [9.17, 15) is 4.79 Å². The Balaban J connectivity index is 0. The lowest BCUT2D eigenvalue weighted by Crippen LogP contribution is -2.19. The lowest BCUT2D eigenvalue weighted by Gasteiger charge is -2.07. The number of hydrogen-bond acceptors (Lipinski definition) is 3. The molecule has 0 fully saturated rings. The monoisotopic (exact) mass is 247 g/mol. The maximum Gasteiger partial charge on any atom is 0.207 e. The summed E-state index contributed by atoms with van der Waals surface area (Å²) in [4.78, 5) is 9.82. The van der Waals surface area contributed by atoms with E-state index in [1.807, 2.05) is 0 Å². The van der Waals surface area contributed by atoms with Crippen molar-refractivity contribution in [1.82, 2.24) is 5.32 Å². The lowest BCUT2D eigenvalue weighted by atomic mass is 10.2. The van der Waals surface area contributed by atoms with Crippen molar-refractivity contribution in [1.29, 1.82) is 0 Å². The van der Waals surface area contributed by atoms with Gasteiger partial charge in [0.1, 0.15) is 0 Å². The maximum atomic E-state index is 9.82. The third kappa shape index (κ3) is 25.6. The second-order valence-electron chi connectivity index (χ2n) is 4.15. The predicted octanol–water partition coefficient (Wildman–Crippen LogP) is 2.23. The highest BCUT2D eigenvalue weighted by Gasteiger charge is 1.93. The Hall–Kier alpha value is -0.610. The molecular formula is C13H29NO3. The van der Waals surface area contributed by atoms with Gasteiger partial charge in [-0.15, -0.1) is 0 Å². The van der Waals surface area contributed by atoms with Crippen molar-refractivity contribution in [3.63, 3.8) is 0 Å². The molecule has 0 bridgehead atoms. The quantitative estimate of drug-likeness (QED) is 0.476. The molecule has 17 heavy (non-hydrogen) atoms. The number of rotatable bonds is 10. The molecule has 4 nitrogen and oxygen atoms in total. The average Bonchev–Trinajstić information content (AvgIpc) is 2.32. The standard InChI is InChI=1S/C9H19NO3.C4H10/c1-9(2)7-13-6-5-12-4-3-10-8-11;1-3-4-2/h8-9H,3-7H2,1-2H3,(H,10,11);3-4H2,1-2H3. The molecule has 0 aliphatic carbocycles. The van der Waals surface area contributed by atoms with Crippen LogP contribution in [0.3, 0.4) is 0 Å². The Morgan fingerprint density at radius 3 is 2.12 bits per heavy atom. The molecule has 0 radical (unpaired) electrons. The van der Waals surface area contributed by atoms with Crippen molar-refractivity contribution in [3.8, 4) is 0 Å². The molecule has 0 atom stereocenters. The summed E-state index contributed by atoms with van der Waals surface area (Å²) in [5.41, 5.74) is 0. The number of hydrogen-bond donors (Lipinski definition) is 1. The minimum absolute atomic E-state index is 0.545. The number of nitrogens with one attached hydrogen (secondary N) is 1. The van der Waals surface area contributed by atoms with Gasteiger partial charge in [-0.2, -0.15) is 0 Å². The summed E-state index contributed by atoms with van der Waals surface area (Å²) >= 11 is 0. The van der Waals surface area contributed by atoms with Crippen LogP contribution in [0.2, 0.25) is 0 Å². The molecule has 0 aliphatic heterocycles. The van der Waals surface area contributed by atoms with Gasteiger partial charge in [0, 0.05) is 13.2 Å². The van der Waals surface area contributed by atoms with Crippen LogP contribution in [0.4, 0.5) is 0 Å². The number of unbranched alkanes of at least 4 members (excludes halogenated alkanes) is 1. The predicted molar refractivity (Wildman–Crippen MR) is 71.1 cm³/mol. The molecule has 0 aromatic carbocycles. The van der Waals surface area contributed by atoms with Crippen LogP contribution >= 0.6 is 0 Å². The highest BCUT2D eigenvalue weighted by atomic mass is 16.5. The average molecular weight is 247 g/mol. The molecule has 0 saturated heterocycles. The second kappa shape index (κ2) is 17.8. The van der Waals surface area contributed by atoms with Crippen LogP contribution in [-0.4, -0.2) is 39.4 Å². The van der Waals surface area contributed by atoms with Crippen LogP contribution in [0.1, 0.15) is 40.5 Å². The molecule has 1 amide bonds. The summed E-state index contributed by atoms with van der Waals surface area (Å²) in [6.07, 6.45) is 3.30. The first kappa shape index (κ1) is 18.7. The largest absolute Gasteiger partial charge is 0.379 e. The molecule has 0 unspecified atom stereocenters. The van der Waals surface area contributed by atoms with Crippen molar-refractivity contribution in [3.05, 3.63) is 0 Å². The van der Waals surface area contributed by atoms with E-state index in [0.717, 1.165) is 6.61 Å². The zero-order chi connectivity index (χ0) is 13.4. The van der Waals surface area contributed by atoms with E-state index in [4.69, 9.17) is 9.47 Å². The van der Waals surface area contributed by atoms with Crippen LogP contribution in [0.25, 0.3) is 0 Å². The maximum absolute atomic E-state index is 9.82. The fourth-order valence-electron chi connectivity index (χ4n) is 0.729. The van der Waals surface area contributed by atoms with Gasteiger partial charge in [-0.25, -0.2) is 0 Å². The van der Waals surface area contributed by atoms with Gasteiger partial charge in [0.15, 0.2) is 0 Å². The van der Waals surface area contributed by atoms with E-state index >= 15 is 0 Å². The van der Waals surface area contributed by atoms with Crippen LogP contribution in [0.15, 0.2) is 0 Å². The molecule has 1 N–H and O–H groups in total. The highest BCUT2D eigenvalue weighted by molar-refractivity contribution is 5.45. The van der Waals surface area contributed by atoms with Gasteiger partial charge in [-0.3, -0.25) is 4.79 Å². The van der Waals surface area contributed by atoms with Gasteiger partial charge in [-0.1, -0.05) is 40.5 Å². The van der Waals surface area contributed by atoms with Crippen molar-refractivity contribution < 1.29 is 14.3 Å². The van der Waals surface area contributed by atoms with E-state index in [0.29, 0.717) is 38.7 Å². The van der Waals surface area contributed by atoms with Gasteiger partial charge in [0.05, 0.1) is 19.8 Å². The van der Waals surface area contributed by atoms with Crippen LogP contribution in [0.5, 0.6) is 0 Å². The smallest absolute Gasteiger partial charge is 0.207 e. The molecule has 4 heteroatoms. The minimum atomic E-state index is 0.545. The van der Waals surface area contributed by atoms with E-state index < -0.39 is 0 Å². The lowest BCUT2D eigenvalue weighted by molar-refractivity contribution is -0.109. The van der Waals surface area contributed by atoms with Gasteiger partial charge >= 0.3 is 0 Å². The topological polar surface area (TPSA) is 47.6 Å². The SMILES string of the molecule is CC(C)COCCOCCNC=O.CCCC. The Morgan fingerprint density at radius 1 is 1.06 bits per heavy atom. The molecule has 0 aliphatic rings. The third-order valence-corrected chi connectivity index (χ3v) is 1.80. The normalized spacial score (nSPS) is 9.71. The zero-order valence-electron chi connectivity index (χ0n) is 11.8. The van der Waals surface area contributed by atoms with E-state index in [2.05, 4.69) is 33.0 Å². The molecule has 104 valence electrons. The van der Waals surface area contributed by atoms with E-state index in [1.165, 1.54) is 12.8 Å². The van der Waals surface area contributed by atoms with Crippen LogP contribution in [0, 0.1) is 5.92 Å². The summed E-state index contributed by atoms with van der Waals surface area (Å²) in [5.74, 6) is 0.566. The Bertz CT molecular complexity index is 139. The first-order valence-corrected chi connectivity index (χ1v) is 6.51. The molecule has 0 rings (SSSR count). The summed E-state index contributed by atoms with van der Waals surface area (Å²) in [6, 6.07) is 0. The number of carbonyl (C=O) groups excluding carboxylic acids is 1. The third-order valence-electron chi connectivity index (χ3n) is 1.80. The molecule has 0 aromatic heterocycles. The Morgan fingerprint density at radius 2 is 1.65 bits per heavy atom. The van der Waals surface area contributed by atoms with Gasteiger partial charge in [0.25, 0.3) is 0 Å². The van der Waals surface area contributed by atoms with E-state index in [-0.39, 0.29) is 0 Å². The molecule has 0 heterocycles. The highest BCUT2D eigenvalue weighted by Crippen LogP contribution is 1.91. The van der Waals surface area contributed by atoms with Crippen molar-refractivity contribution in [2.45, 2.75) is 40.5 Å². The van der Waals surface area contributed by atoms with Crippen molar-refractivity contribution >= 4 is 6.41 Å². The fraction of sp³-hybridized carbons (Fsp3) is 0.923. The minimum Gasteiger partial charge on any atom is -0.379 e. The molecule has 0 aromatic rings.